The highest BCUT2D eigenvalue weighted by molar-refractivity contribution is 6.46. The summed E-state index contributed by atoms with van der Waals surface area (Å²) in [6.07, 6.45) is 0. The maximum Gasteiger partial charge on any atom is 0.295 e. The van der Waals surface area contributed by atoms with Gasteiger partial charge >= 0.3 is 0 Å². The zero-order chi connectivity index (χ0) is 24.4. The quantitative estimate of drug-likeness (QED) is 0.336. The highest BCUT2D eigenvalue weighted by Crippen LogP contribution is 2.39. The fourth-order valence-corrected chi connectivity index (χ4v) is 4.82. The number of hydrogen-bond acceptors (Lipinski definition) is 6. The lowest BCUT2D eigenvalue weighted by atomic mass is 9.94. The SMILES string of the molecule is COc1ccc2cc(/C(O)=C3\C(=O)C(=O)N(CCN4CCOCC4)C3c3ccccc3)ccc2c1. The molecule has 1 atom stereocenters. The highest BCUT2D eigenvalue weighted by atomic mass is 16.5. The van der Waals surface area contributed by atoms with Crippen molar-refractivity contribution in [3.63, 3.8) is 0 Å². The molecule has 2 aliphatic heterocycles. The van der Waals surface area contributed by atoms with Crippen LogP contribution in [0, 0.1) is 0 Å². The van der Waals surface area contributed by atoms with Gasteiger partial charge in [-0.05, 0) is 34.5 Å². The molecule has 0 bridgehead atoms. The van der Waals surface area contributed by atoms with E-state index in [1.165, 1.54) is 0 Å². The van der Waals surface area contributed by atoms with Gasteiger partial charge in [0.15, 0.2) is 0 Å². The Balaban J connectivity index is 1.54. The Morgan fingerprint density at radius 3 is 2.43 bits per heavy atom. The molecule has 2 saturated heterocycles. The van der Waals surface area contributed by atoms with Crippen LogP contribution >= 0.6 is 0 Å². The number of likely N-dealkylation sites (tertiary alicyclic amines) is 1. The van der Waals surface area contributed by atoms with Gasteiger partial charge in [0.05, 0.1) is 31.9 Å². The number of ether oxygens (including phenoxy) is 2. The molecule has 1 unspecified atom stereocenters. The third-order valence-corrected chi connectivity index (χ3v) is 6.74. The molecular formula is C28H28N2O5. The largest absolute Gasteiger partial charge is 0.507 e. The molecule has 0 aromatic heterocycles. The van der Waals surface area contributed by atoms with Gasteiger partial charge in [0.25, 0.3) is 11.7 Å². The van der Waals surface area contributed by atoms with Crippen LogP contribution in [-0.2, 0) is 14.3 Å². The Labute approximate surface area is 204 Å². The van der Waals surface area contributed by atoms with Gasteiger partial charge < -0.3 is 19.5 Å². The first-order valence-electron chi connectivity index (χ1n) is 11.8. The van der Waals surface area contributed by atoms with Crippen LogP contribution < -0.4 is 4.74 Å². The Hall–Kier alpha value is -3.68. The molecule has 3 aromatic carbocycles. The first kappa shape index (κ1) is 23.1. The number of aliphatic hydroxyl groups excluding tert-OH is 1. The summed E-state index contributed by atoms with van der Waals surface area (Å²) in [4.78, 5) is 30.2. The molecule has 1 N–H and O–H groups in total. The summed E-state index contributed by atoms with van der Waals surface area (Å²) in [6.45, 7) is 3.93. The second kappa shape index (κ2) is 9.90. The molecule has 0 spiro atoms. The van der Waals surface area contributed by atoms with Crippen molar-refractivity contribution in [3.05, 3.63) is 83.4 Å². The second-order valence-corrected chi connectivity index (χ2v) is 8.79. The third-order valence-electron chi connectivity index (χ3n) is 6.74. The minimum Gasteiger partial charge on any atom is -0.507 e. The maximum atomic E-state index is 13.3. The number of ketones is 1. The molecular weight excluding hydrogens is 444 g/mol. The summed E-state index contributed by atoms with van der Waals surface area (Å²) >= 11 is 0. The Bertz CT molecular complexity index is 1280. The van der Waals surface area contributed by atoms with Crippen LogP contribution in [0.5, 0.6) is 5.75 Å². The number of fused-ring (bicyclic) bond motifs is 1. The van der Waals surface area contributed by atoms with Crippen molar-refractivity contribution in [1.29, 1.82) is 0 Å². The molecule has 35 heavy (non-hydrogen) atoms. The fourth-order valence-electron chi connectivity index (χ4n) is 4.82. The van der Waals surface area contributed by atoms with Gasteiger partial charge in [-0.1, -0.05) is 48.5 Å². The van der Waals surface area contributed by atoms with Gasteiger partial charge in [0.2, 0.25) is 0 Å². The molecule has 7 nitrogen and oxygen atoms in total. The number of rotatable bonds is 6. The zero-order valence-electron chi connectivity index (χ0n) is 19.6. The summed E-state index contributed by atoms with van der Waals surface area (Å²) in [5.41, 5.74) is 1.41. The average molecular weight is 473 g/mol. The van der Waals surface area contributed by atoms with Crippen LogP contribution in [0.1, 0.15) is 17.2 Å². The molecule has 0 saturated carbocycles. The van der Waals surface area contributed by atoms with E-state index >= 15 is 0 Å². The van der Waals surface area contributed by atoms with Gasteiger partial charge in [0.1, 0.15) is 11.5 Å². The average Bonchev–Trinajstić information content (AvgIpc) is 3.17. The maximum absolute atomic E-state index is 13.3. The van der Waals surface area contributed by atoms with Crippen LogP contribution in [0.3, 0.4) is 0 Å². The van der Waals surface area contributed by atoms with Crippen molar-refractivity contribution in [2.75, 3.05) is 46.5 Å². The summed E-state index contributed by atoms with van der Waals surface area (Å²) in [5.74, 6) is -0.666. The van der Waals surface area contributed by atoms with Gasteiger partial charge in [-0.15, -0.1) is 0 Å². The van der Waals surface area contributed by atoms with Gasteiger partial charge in [0, 0.05) is 31.7 Å². The summed E-state index contributed by atoms with van der Waals surface area (Å²) in [7, 11) is 1.61. The van der Waals surface area contributed by atoms with Crippen LogP contribution in [-0.4, -0.2) is 73.1 Å². The number of carbonyl (C=O) groups excluding carboxylic acids is 2. The summed E-state index contributed by atoms with van der Waals surface area (Å²) in [6, 6.07) is 19.9. The van der Waals surface area contributed by atoms with Gasteiger partial charge in [-0.3, -0.25) is 14.5 Å². The number of morpholine rings is 1. The lowest BCUT2D eigenvalue weighted by Crippen LogP contribution is -2.42. The van der Waals surface area contributed by atoms with Crippen molar-refractivity contribution in [2.24, 2.45) is 0 Å². The van der Waals surface area contributed by atoms with Crippen molar-refractivity contribution in [3.8, 4) is 5.75 Å². The van der Waals surface area contributed by atoms with E-state index in [1.54, 1.807) is 18.1 Å². The third kappa shape index (κ3) is 4.52. The van der Waals surface area contributed by atoms with Crippen molar-refractivity contribution < 1.29 is 24.2 Å². The van der Waals surface area contributed by atoms with Crippen LogP contribution in [0.4, 0.5) is 0 Å². The lowest BCUT2D eigenvalue weighted by molar-refractivity contribution is -0.140. The monoisotopic (exact) mass is 472 g/mol. The zero-order valence-corrected chi connectivity index (χ0v) is 19.6. The number of aliphatic hydroxyl groups is 1. The van der Waals surface area contributed by atoms with E-state index in [4.69, 9.17) is 9.47 Å². The van der Waals surface area contributed by atoms with Crippen LogP contribution in [0.25, 0.3) is 16.5 Å². The van der Waals surface area contributed by atoms with E-state index in [0.29, 0.717) is 31.9 Å². The van der Waals surface area contributed by atoms with Crippen molar-refractivity contribution in [2.45, 2.75) is 6.04 Å². The van der Waals surface area contributed by atoms with E-state index in [-0.39, 0.29) is 11.3 Å². The van der Waals surface area contributed by atoms with Crippen molar-refractivity contribution in [1.82, 2.24) is 9.80 Å². The van der Waals surface area contributed by atoms with Gasteiger partial charge in [-0.25, -0.2) is 0 Å². The number of Topliss-reactive ketones (excluding diaryl/α,β-unsaturated/α-hetero) is 1. The minimum absolute atomic E-state index is 0.121. The molecule has 7 heteroatoms. The van der Waals surface area contributed by atoms with E-state index in [9.17, 15) is 14.7 Å². The minimum atomic E-state index is -0.659. The number of carbonyl (C=O) groups is 2. The first-order chi connectivity index (χ1) is 17.1. The predicted molar refractivity (Wildman–Crippen MR) is 133 cm³/mol. The van der Waals surface area contributed by atoms with E-state index < -0.39 is 17.7 Å². The van der Waals surface area contributed by atoms with E-state index in [2.05, 4.69) is 4.90 Å². The number of amides is 1. The molecule has 0 radical (unpaired) electrons. The standard InChI is InChI=1S/C28H28N2O5/c1-34-23-10-9-20-17-22(8-7-21(20)18-23)26(31)24-25(19-5-3-2-4-6-19)30(28(33)27(24)32)12-11-29-13-15-35-16-14-29/h2-10,17-18,25,31H,11-16H2,1H3/b26-24+. The Morgan fingerprint density at radius 2 is 1.69 bits per heavy atom. The normalized spacial score (nSPS) is 20.5. The molecule has 2 aliphatic rings. The second-order valence-electron chi connectivity index (χ2n) is 8.79. The van der Waals surface area contributed by atoms with E-state index in [0.717, 1.165) is 35.2 Å². The molecule has 5 rings (SSSR count). The topological polar surface area (TPSA) is 79.3 Å². The van der Waals surface area contributed by atoms with Crippen LogP contribution in [0.2, 0.25) is 0 Å². The predicted octanol–water partition coefficient (Wildman–Crippen LogP) is 3.60. The number of hydrogen-bond donors (Lipinski definition) is 1. The molecule has 0 aliphatic carbocycles. The molecule has 2 heterocycles. The van der Waals surface area contributed by atoms with Crippen LogP contribution in [0.15, 0.2) is 72.3 Å². The Morgan fingerprint density at radius 1 is 0.971 bits per heavy atom. The van der Waals surface area contributed by atoms with E-state index in [1.807, 2.05) is 60.7 Å². The molecule has 180 valence electrons. The summed E-state index contributed by atoms with van der Waals surface area (Å²) in [5, 5.41) is 13.2. The van der Waals surface area contributed by atoms with Gasteiger partial charge in [-0.2, -0.15) is 0 Å². The number of nitrogens with zero attached hydrogens (tertiary/aromatic N) is 2. The number of benzene rings is 3. The smallest absolute Gasteiger partial charge is 0.295 e. The highest BCUT2D eigenvalue weighted by Gasteiger charge is 2.46. The number of methoxy groups -OCH3 is 1. The molecule has 2 fully saturated rings. The fraction of sp³-hybridized carbons (Fsp3) is 0.286. The summed E-state index contributed by atoms with van der Waals surface area (Å²) < 4.78 is 10.7. The Kier molecular flexibility index (Phi) is 6.53. The molecule has 1 amide bonds. The first-order valence-corrected chi connectivity index (χ1v) is 11.8. The van der Waals surface area contributed by atoms with Crippen molar-refractivity contribution >= 4 is 28.2 Å². The lowest BCUT2D eigenvalue weighted by Gasteiger charge is -2.31. The molecule has 3 aromatic rings.